The molecule has 1 aliphatic rings. The lowest BCUT2D eigenvalue weighted by Crippen LogP contribution is -2.49. The number of anilines is 1. The Balaban J connectivity index is 1.31. The zero-order valence-corrected chi connectivity index (χ0v) is 18.7. The van der Waals surface area contributed by atoms with E-state index in [0.717, 1.165) is 42.2 Å². The number of carbonyl (C=O) groups is 1. The lowest BCUT2D eigenvalue weighted by molar-refractivity contribution is 0.141. The maximum atomic E-state index is 12.6. The number of hydrogen-bond donors (Lipinski definition) is 1. The minimum Gasteiger partial charge on any atom is -0.441 e. The number of hydrogen-bond acceptors (Lipinski definition) is 4. The third kappa shape index (κ3) is 5.27. The number of urea groups is 1. The molecular weight excluding hydrogens is 412 g/mol. The van der Waals surface area contributed by atoms with Gasteiger partial charge in [0.15, 0.2) is 0 Å². The van der Waals surface area contributed by atoms with Gasteiger partial charge in [-0.3, -0.25) is 4.90 Å². The molecule has 2 aromatic carbocycles. The van der Waals surface area contributed by atoms with Gasteiger partial charge in [-0.05, 0) is 49.2 Å². The topological polar surface area (TPSA) is 61.6 Å². The monoisotopic (exact) mass is 438 g/mol. The molecule has 0 spiro atoms. The third-order valence-corrected chi connectivity index (χ3v) is 5.85. The van der Waals surface area contributed by atoms with Crippen LogP contribution in [0.5, 0.6) is 0 Å². The van der Waals surface area contributed by atoms with Crippen molar-refractivity contribution in [3.05, 3.63) is 70.6 Å². The van der Waals surface area contributed by atoms with Crippen LogP contribution in [0.3, 0.4) is 0 Å². The first-order chi connectivity index (χ1) is 15.0. The molecule has 1 aliphatic heterocycles. The van der Waals surface area contributed by atoms with Gasteiger partial charge >= 0.3 is 6.03 Å². The Morgan fingerprint density at radius 1 is 1.13 bits per heavy atom. The Morgan fingerprint density at radius 2 is 1.87 bits per heavy atom. The van der Waals surface area contributed by atoms with Crippen LogP contribution in [0.1, 0.15) is 23.9 Å². The molecular formula is C24H27ClN4O2. The summed E-state index contributed by atoms with van der Waals surface area (Å²) in [5, 5.41) is 3.65. The number of piperazine rings is 1. The Morgan fingerprint density at radius 3 is 2.55 bits per heavy atom. The van der Waals surface area contributed by atoms with Crippen molar-refractivity contribution >= 4 is 23.3 Å². The number of benzene rings is 2. The summed E-state index contributed by atoms with van der Waals surface area (Å²) in [7, 11) is 0. The minimum absolute atomic E-state index is 0.0512. The van der Waals surface area contributed by atoms with E-state index >= 15 is 0 Å². The molecule has 0 saturated carbocycles. The number of rotatable bonds is 5. The normalized spacial score (nSPS) is 14.6. The number of nitrogens with one attached hydrogen (secondary N) is 1. The molecule has 3 aromatic rings. The molecule has 1 N–H and O–H groups in total. The highest BCUT2D eigenvalue weighted by Gasteiger charge is 2.23. The fourth-order valence-corrected chi connectivity index (χ4v) is 3.86. The molecule has 1 aromatic heterocycles. The van der Waals surface area contributed by atoms with Gasteiger partial charge in [0, 0.05) is 49.0 Å². The summed E-state index contributed by atoms with van der Waals surface area (Å²) in [6.07, 6.45) is 0.988. The molecule has 0 radical (unpaired) electrons. The van der Waals surface area contributed by atoms with Crippen LogP contribution in [-0.4, -0.2) is 47.0 Å². The maximum Gasteiger partial charge on any atom is 0.321 e. The van der Waals surface area contributed by atoms with Crippen molar-refractivity contribution in [2.75, 3.05) is 31.5 Å². The fraction of sp³-hybridized carbons (Fsp3) is 0.333. The summed E-state index contributed by atoms with van der Waals surface area (Å²) in [5.41, 5.74) is 3.88. The van der Waals surface area contributed by atoms with E-state index in [2.05, 4.69) is 22.1 Å². The van der Waals surface area contributed by atoms with E-state index in [9.17, 15) is 4.79 Å². The van der Waals surface area contributed by atoms with Crippen LogP contribution < -0.4 is 5.32 Å². The summed E-state index contributed by atoms with van der Waals surface area (Å²) < 4.78 is 5.87. The number of carbonyl (C=O) groups excluding carboxylic acids is 1. The summed E-state index contributed by atoms with van der Waals surface area (Å²) in [5.74, 6) is 1.40. The van der Waals surface area contributed by atoms with E-state index in [4.69, 9.17) is 16.0 Å². The Bertz CT molecular complexity index is 1040. The predicted molar refractivity (Wildman–Crippen MR) is 123 cm³/mol. The minimum atomic E-state index is -0.0512. The average molecular weight is 439 g/mol. The van der Waals surface area contributed by atoms with Crippen LogP contribution in [-0.2, 0) is 13.0 Å². The first-order valence-corrected chi connectivity index (χ1v) is 11.0. The van der Waals surface area contributed by atoms with Crippen LogP contribution in [0.25, 0.3) is 11.5 Å². The second-order valence-corrected chi connectivity index (χ2v) is 8.21. The van der Waals surface area contributed by atoms with E-state index in [1.165, 1.54) is 5.56 Å². The number of aromatic nitrogens is 1. The van der Waals surface area contributed by atoms with Gasteiger partial charge in [-0.2, -0.15) is 0 Å². The molecule has 162 valence electrons. The van der Waals surface area contributed by atoms with Crippen molar-refractivity contribution in [2.45, 2.75) is 26.8 Å². The lowest BCUT2D eigenvalue weighted by Gasteiger charge is -2.34. The number of amides is 2. The summed E-state index contributed by atoms with van der Waals surface area (Å²) >= 11 is 6.09. The van der Waals surface area contributed by atoms with Crippen molar-refractivity contribution in [1.29, 1.82) is 0 Å². The van der Waals surface area contributed by atoms with Gasteiger partial charge in [0.2, 0.25) is 5.89 Å². The van der Waals surface area contributed by atoms with E-state index in [-0.39, 0.29) is 6.03 Å². The molecule has 31 heavy (non-hydrogen) atoms. The van der Waals surface area contributed by atoms with Crippen LogP contribution >= 0.6 is 11.6 Å². The van der Waals surface area contributed by atoms with Crippen LogP contribution in [0, 0.1) is 6.92 Å². The molecule has 2 heterocycles. The fourth-order valence-electron chi connectivity index (χ4n) is 3.67. The lowest BCUT2D eigenvalue weighted by atomic mass is 10.1. The number of halogens is 1. The quantitative estimate of drug-likeness (QED) is 0.593. The average Bonchev–Trinajstić information content (AvgIpc) is 3.15. The number of oxazole rings is 1. The van der Waals surface area contributed by atoms with Gasteiger partial charge in [-0.15, -0.1) is 0 Å². The van der Waals surface area contributed by atoms with Crippen LogP contribution in [0.2, 0.25) is 5.02 Å². The van der Waals surface area contributed by atoms with Gasteiger partial charge in [0.05, 0.1) is 5.69 Å². The zero-order chi connectivity index (χ0) is 21.8. The van der Waals surface area contributed by atoms with E-state index in [1.807, 2.05) is 60.4 Å². The molecule has 4 rings (SSSR count). The van der Waals surface area contributed by atoms with E-state index in [1.54, 1.807) is 0 Å². The molecule has 6 nitrogen and oxygen atoms in total. The SMILES string of the molecule is CCc1ccc(NC(=O)N2CCN(Cc3nc(-c4cccc(Cl)c4)oc3C)CC2)cc1. The molecule has 0 bridgehead atoms. The smallest absolute Gasteiger partial charge is 0.321 e. The molecule has 1 fully saturated rings. The van der Waals surface area contributed by atoms with Gasteiger partial charge in [0.1, 0.15) is 5.76 Å². The van der Waals surface area contributed by atoms with Crippen molar-refractivity contribution in [1.82, 2.24) is 14.8 Å². The molecule has 7 heteroatoms. The van der Waals surface area contributed by atoms with E-state index < -0.39 is 0 Å². The van der Waals surface area contributed by atoms with Gasteiger partial charge in [-0.1, -0.05) is 36.7 Å². The van der Waals surface area contributed by atoms with Crippen LogP contribution in [0.15, 0.2) is 52.9 Å². The van der Waals surface area contributed by atoms with Gasteiger partial charge in [-0.25, -0.2) is 9.78 Å². The van der Waals surface area contributed by atoms with Crippen molar-refractivity contribution < 1.29 is 9.21 Å². The van der Waals surface area contributed by atoms with Crippen molar-refractivity contribution in [2.24, 2.45) is 0 Å². The molecule has 0 unspecified atom stereocenters. The summed E-state index contributed by atoms with van der Waals surface area (Å²) in [6, 6.07) is 15.5. The van der Waals surface area contributed by atoms with E-state index in [0.29, 0.717) is 30.5 Å². The molecule has 0 aliphatic carbocycles. The number of nitrogens with zero attached hydrogens (tertiary/aromatic N) is 3. The Hall–Kier alpha value is -2.83. The third-order valence-electron chi connectivity index (χ3n) is 5.61. The highest BCUT2D eigenvalue weighted by molar-refractivity contribution is 6.30. The summed E-state index contributed by atoms with van der Waals surface area (Å²) in [4.78, 5) is 21.4. The Labute approximate surface area is 187 Å². The largest absolute Gasteiger partial charge is 0.441 e. The van der Waals surface area contributed by atoms with Crippen LogP contribution in [0.4, 0.5) is 10.5 Å². The number of aryl methyl sites for hydroxylation is 2. The maximum absolute atomic E-state index is 12.6. The Kier molecular flexibility index (Phi) is 6.59. The second kappa shape index (κ2) is 9.54. The van der Waals surface area contributed by atoms with Gasteiger partial charge in [0.25, 0.3) is 0 Å². The first-order valence-electron chi connectivity index (χ1n) is 10.6. The predicted octanol–water partition coefficient (Wildman–Crippen LogP) is 5.22. The van der Waals surface area contributed by atoms with Gasteiger partial charge < -0.3 is 14.6 Å². The second-order valence-electron chi connectivity index (χ2n) is 7.78. The molecule has 1 saturated heterocycles. The summed E-state index contributed by atoms with van der Waals surface area (Å²) in [6.45, 7) is 7.69. The highest BCUT2D eigenvalue weighted by atomic mass is 35.5. The zero-order valence-electron chi connectivity index (χ0n) is 17.9. The standard InChI is InChI=1S/C24H27ClN4O2/c1-3-18-7-9-21(10-8-18)26-24(30)29-13-11-28(12-14-29)16-22-17(2)31-23(27-22)19-5-4-6-20(25)15-19/h4-10,15H,3,11-14,16H2,1-2H3,(H,26,30). The van der Waals surface area contributed by atoms with Crippen molar-refractivity contribution in [3.8, 4) is 11.5 Å². The van der Waals surface area contributed by atoms with Crippen molar-refractivity contribution in [3.63, 3.8) is 0 Å². The first kappa shape index (κ1) is 21.4. The highest BCUT2D eigenvalue weighted by Crippen LogP contribution is 2.25. The molecule has 2 amide bonds. The molecule has 0 atom stereocenters.